The van der Waals surface area contributed by atoms with Crippen molar-refractivity contribution in [2.24, 2.45) is 5.73 Å². The summed E-state index contributed by atoms with van der Waals surface area (Å²) in [6.07, 6.45) is 3.12. The molecule has 0 saturated carbocycles. The number of fused-ring (bicyclic) bond motifs is 1. The molecule has 1 aliphatic rings. The smallest absolute Gasteiger partial charge is 0.286 e. The summed E-state index contributed by atoms with van der Waals surface area (Å²) >= 11 is 11.8. The van der Waals surface area contributed by atoms with Gasteiger partial charge in [-0.15, -0.1) is 0 Å². The zero-order valence-electron chi connectivity index (χ0n) is 12.9. The van der Waals surface area contributed by atoms with Crippen LogP contribution >= 0.6 is 23.2 Å². The molecule has 7 nitrogen and oxygen atoms in total. The minimum absolute atomic E-state index is 0.0400. The molecule has 0 bridgehead atoms. The van der Waals surface area contributed by atoms with Gasteiger partial charge in [0.05, 0.1) is 34.2 Å². The topological polar surface area (TPSA) is 106 Å². The van der Waals surface area contributed by atoms with Crippen LogP contribution in [0.4, 0.5) is 0 Å². The van der Waals surface area contributed by atoms with E-state index in [4.69, 9.17) is 28.9 Å². The second kappa shape index (κ2) is 6.87. The van der Waals surface area contributed by atoms with Crippen LogP contribution in [0.15, 0.2) is 18.2 Å². The lowest BCUT2D eigenvalue weighted by Gasteiger charge is -2.27. The van der Waals surface area contributed by atoms with E-state index in [1.807, 2.05) is 0 Å². The summed E-state index contributed by atoms with van der Waals surface area (Å²) in [6, 6.07) is 4.70. The average Bonchev–Trinajstić information content (AvgIpc) is 2.57. The van der Waals surface area contributed by atoms with E-state index in [2.05, 4.69) is 16.2 Å². The van der Waals surface area contributed by atoms with Gasteiger partial charge in [-0.3, -0.25) is 4.79 Å². The monoisotopic (exact) mass is 399 g/mol. The number of amides is 1. The molecule has 3 rings (SSSR count). The first-order valence-electron chi connectivity index (χ1n) is 7.25. The third-order valence-electron chi connectivity index (χ3n) is 3.77. The van der Waals surface area contributed by atoms with Gasteiger partial charge in [0.25, 0.3) is 5.91 Å². The second-order valence-electron chi connectivity index (χ2n) is 5.54. The van der Waals surface area contributed by atoms with Gasteiger partial charge in [0.1, 0.15) is 0 Å². The van der Waals surface area contributed by atoms with Gasteiger partial charge < -0.3 is 5.73 Å². The number of rotatable bonds is 4. The van der Waals surface area contributed by atoms with E-state index < -0.39 is 15.9 Å². The lowest BCUT2D eigenvalue weighted by atomic mass is 10.1. The van der Waals surface area contributed by atoms with E-state index in [1.54, 1.807) is 12.1 Å². The van der Waals surface area contributed by atoms with Gasteiger partial charge in [0.2, 0.25) is 15.8 Å². The molecule has 1 aliphatic heterocycles. The lowest BCUT2D eigenvalue weighted by molar-refractivity contribution is 0.0989. The lowest BCUT2D eigenvalue weighted by Crippen LogP contribution is -2.37. The summed E-state index contributed by atoms with van der Waals surface area (Å²) in [7, 11) is -3.60. The van der Waals surface area contributed by atoms with Gasteiger partial charge in [-0.2, -0.15) is 4.31 Å². The maximum Gasteiger partial charge on any atom is 0.286 e. The van der Waals surface area contributed by atoms with Crippen LogP contribution in [0.25, 0.3) is 0 Å². The molecule has 131 valence electrons. The minimum atomic E-state index is -3.60. The molecule has 1 radical (unpaired) electrons. The summed E-state index contributed by atoms with van der Waals surface area (Å²) in [4.78, 5) is 19.0. The fourth-order valence-electron chi connectivity index (χ4n) is 2.50. The summed E-state index contributed by atoms with van der Waals surface area (Å²) < 4.78 is 26.7. The molecule has 0 fully saturated rings. The Balaban J connectivity index is 1.83. The van der Waals surface area contributed by atoms with E-state index in [9.17, 15) is 13.2 Å². The molecule has 1 amide bonds. The Hall–Kier alpha value is -1.74. The first kappa shape index (κ1) is 18.1. The van der Waals surface area contributed by atoms with Crippen LogP contribution in [-0.4, -0.2) is 35.1 Å². The number of sulfonamides is 1. The van der Waals surface area contributed by atoms with E-state index in [0.29, 0.717) is 33.3 Å². The Morgan fingerprint density at radius 3 is 2.76 bits per heavy atom. The van der Waals surface area contributed by atoms with Gasteiger partial charge >= 0.3 is 0 Å². The molecular weight excluding hydrogens is 387 g/mol. The quantitative estimate of drug-likeness (QED) is 0.839. The molecule has 1 aromatic heterocycles. The van der Waals surface area contributed by atoms with Crippen LogP contribution in [0.3, 0.4) is 0 Å². The summed E-state index contributed by atoms with van der Waals surface area (Å²) in [5.41, 5.74) is 6.82. The number of hydrogen-bond acceptors (Lipinski definition) is 5. The molecule has 10 heteroatoms. The fraction of sp³-hybridized carbons (Fsp3) is 0.267. The van der Waals surface area contributed by atoms with Crippen LogP contribution < -0.4 is 5.73 Å². The normalized spacial score (nSPS) is 15.0. The highest BCUT2D eigenvalue weighted by Gasteiger charge is 2.28. The third kappa shape index (κ3) is 3.92. The van der Waals surface area contributed by atoms with Crippen molar-refractivity contribution in [3.05, 3.63) is 57.1 Å². The van der Waals surface area contributed by atoms with Crippen molar-refractivity contribution < 1.29 is 13.2 Å². The largest absolute Gasteiger partial charge is 0.363 e. The summed E-state index contributed by atoms with van der Waals surface area (Å²) in [5, 5.41) is 0.660. The van der Waals surface area contributed by atoms with Crippen molar-refractivity contribution >= 4 is 39.1 Å². The Morgan fingerprint density at radius 2 is 2.08 bits per heavy atom. The van der Waals surface area contributed by atoms with Crippen molar-refractivity contribution in [3.8, 4) is 0 Å². The number of carbonyl (C=O) groups is 1. The molecular formula is C15H13Cl2N4O3S. The first-order valence-corrected chi connectivity index (χ1v) is 9.62. The van der Waals surface area contributed by atoms with Crippen LogP contribution in [0.5, 0.6) is 0 Å². The molecule has 0 saturated heterocycles. The Kier molecular flexibility index (Phi) is 4.97. The van der Waals surface area contributed by atoms with Crippen LogP contribution in [0.2, 0.25) is 10.0 Å². The van der Waals surface area contributed by atoms with Crippen molar-refractivity contribution in [1.29, 1.82) is 0 Å². The van der Waals surface area contributed by atoms with Crippen molar-refractivity contribution in [2.45, 2.75) is 18.7 Å². The molecule has 25 heavy (non-hydrogen) atoms. The molecule has 0 aliphatic carbocycles. The number of nitrogens with zero attached hydrogens (tertiary/aromatic N) is 3. The van der Waals surface area contributed by atoms with Gasteiger partial charge in [0.15, 0.2) is 0 Å². The molecule has 0 spiro atoms. The van der Waals surface area contributed by atoms with E-state index >= 15 is 0 Å². The molecule has 2 heterocycles. The van der Waals surface area contributed by atoms with Crippen LogP contribution in [-0.2, 0) is 28.7 Å². The first-order chi connectivity index (χ1) is 11.8. The number of nitrogens with two attached hydrogens (primary N) is 1. The van der Waals surface area contributed by atoms with Gasteiger partial charge in [-0.25, -0.2) is 18.4 Å². The number of halogens is 2. The molecule has 2 N–H and O–H groups in total. The SMILES string of the molecule is NC(=O)c1n[c]c2c(n1)CN(S(=O)(=O)Cc1ccc(Cl)c(Cl)c1)CC2. The zero-order valence-corrected chi connectivity index (χ0v) is 15.2. The van der Waals surface area contributed by atoms with Crippen molar-refractivity contribution in [3.63, 3.8) is 0 Å². The predicted octanol–water partition coefficient (Wildman–Crippen LogP) is 1.57. The highest BCUT2D eigenvalue weighted by molar-refractivity contribution is 7.88. The standard InChI is InChI=1S/C15H13Cl2N4O3S/c16-11-2-1-9(5-12(11)17)8-25(23,24)21-4-3-10-6-19-15(14(18)22)20-13(10)7-21/h1-2,5H,3-4,7-8H2,(H2,18,22). The van der Waals surface area contributed by atoms with Gasteiger partial charge in [0, 0.05) is 12.1 Å². The van der Waals surface area contributed by atoms with E-state index in [0.717, 1.165) is 0 Å². The number of aromatic nitrogens is 2. The van der Waals surface area contributed by atoms with Crippen LogP contribution in [0.1, 0.15) is 27.4 Å². The maximum absolute atomic E-state index is 12.7. The van der Waals surface area contributed by atoms with Crippen LogP contribution in [0, 0.1) is 6.20 Å². The molecule has 0 unspecified atom stereocenters. The third-order valence-corrected chi connectivity index (χ3v) is 6.31. The Bertz CT molecular complexity index is 950. The summed E-state index contributed by atoms with van der Waals surface area (Å²) in [6.45, 7) is 0.324. The fourth-order valence-corrected chi connectivity index (χ4v) is 4.29. The Labute approximate surface area is 154 Å². The number of carbonyl (C=O) groups excluding carboxylic acids is 1. The predicted molar refractivity (Wildman–Crippen MR) is 92.6 cm³/mol. The second-order valence-corrected chi connectivity index (χ2v) is 8.32. The molecule has 2 aromatic rings. The highest BCUT2D eigenvalue weighted by Crippen LogP contribution is 2.25. The van der Waals surface area contributed by atoms with Gasteiger partial charge in [-0.1, -0.05) is 29.3 Å². The average molecular weight is 400 g/mol. The Morgan fingerprint density at radius 1 is 1.32 bits per heavy atom. The highest BCUT2D eigenvalue weighted by atomic mass is 35.5. The molecule has 0 atom stereocenters. The van der Waals surface area contributed by atoms with Gasteiger partial charge in [-0.05, 0) is 24.1 Å². The minimum Gasteiger partial charge on any atom is -0.363 e. The van der Waals surface area contributed by atoms with E-state index in [1.165, 1.54) is 10.4 Å². The maximum atomic E-state index is 12.7. The van der Waals surface area contributed by atoms with Crippen molar-refractivity contribution in [2.75, 3.05) is 6.54 Å². The number of primary amides is 1. The number of hydrogen-bond donors (Lipinski definition) is 1. The molecule has 1 aromatic carbocycles. The number of benzene rings is 1. The summed E-state index contributed by atoms with van der Waals surface area (Å²) in [5.74, 6) is -1.17. The van der Waals surface area contributed by atoms with E-state index in [-0.39, 0.29) is 24.7 Å². The van der Waals surface area contributed by atoms with Crippen molar-refractivity contribution in [1.82, 2.24) is 14.3 Å². The zero-order chi connectivity index (χ0) is 18.2.